The maximum Gasteiger partial charge on any atom is 0.167 e. The molecule has 0 spiro atoms. The molecule has 0 atom stereocenters. The lowest BCUT2D eigenvalue weighted by molar-refractivity contribution is 0.392. The van der Waals surface area contributed by atoms with E-state index in [0.29, 0.717) is 11.6 Å². The molecule has 3 nitrogen and oxygen atoms in total. The van der Waals surface area contributed by atoms with Crippen LogP contribution in [-0.2, 0) is 6.54 Å². The van der Waals surface area contributed by atoms with Crippen molar-refractivity contribution in [2.45, 2.75) is 32.9 Å². The second kappa shape index (κ2) is 5.12. The van der Waals surface area contributed by atoms with Crippen LogP contribution in [0.5, 0.6) is 0 Å². The molecule has 0 radical (unpaired) electrons. The highest BCUT2D eigenvalue weighted by molar-refractivity contribution is 6.30. The van der Waals surface area contributed by atoms with Crippen LogP contribution in [0.25, 0.3) is 11.3 Å². The van der Waals surface area contributed by atoms with Gasteiger partial charge in [-0.1, -0.05) is 16.8 Å². The Bertz CT molecular complexity index is 511. The molecule has 0 fully saturated rings. The van der Waals surface area contributed by atoms with Gasteiger partial charge < -0.3 is 9.84 Å². The summed E-state index contributed by atoms with van der Waals surface area (Å²) in [6.07, 6.45) is 0. The zero-order chi connectivity index (χ0) is 13.2. The van der Waals surface area contributed by atoms with Gasteiger partial charge in [0.15, 0.2) is 5.76 Å². The van der Waals surface area contributed by atoms with Crippen LogP contribution in [0.2, 0.25) is 5.02 Å². The molecule has 1 aromatic carbocycles. The highest BCUT2D eigenvalue weighted by Gasteiger charge is 2.11. The third kappa shape index (κ3) is 3.59. The van der Waals surface area contributed by atoms with Crippen LogP contribution in [-0.4, -0.2) is 10.7 Å². The van der Waals surface area contributed by atoms with E-state index < -0.39 is 0 Å². The predicted octanol–water partition coefficient (Wildman–Crippen LogP) is 3.88. The number of hydrogen-bond donors (Lipinski definition) is 1. The summed E-state index contributed by atoms with van der Waals surface area (Å²) in [6.45, 7) is 7.05. The van der Waals surface area contributed by atoms with E-state index in [4.69, 9.17) is 16.1 Å². The first-order chi connectivity index (χ1) is 8.44. The summed E-state index contributed by atoms with van der Waals surface area (Å²) in [5.41, 5.74) is 1.95. The van der Waals surface area contributed by atoms with Crippen molar-refractivity contribution in [2.24, 2.45) is 0 Å². The molecule has 4 heteroatoms. The van der Waals surface area contributed by atoms with E-state index in [1.807, 2.05) is 30.3 Å². The third-order valence-electron chi connectivity index (χ3n) is 2.49. The summed E-state index contributed by atoms with van der Waals surface area (Å²) in [5.74, 6) is 0.761. The highest BCUT2D eigenvalue weighted by Crippen LogP contribution is 2.22. The predicted molar refractivity (Wildman–Crippen MR) is 73.5 cm³/mol. The van der Waals surface area contributed by atoms with Crippen molar-refractivity contribution in [2.75, 3.05) is 0 Å². The van der Waals surface area contributed by atoms with Crippen molar-refractivity contribution >= 4 is 11.6 Å². The number of nitrogens with one attached hydrogen (secondary N) is 1. The van der Waals surface area contributed by atoms with E-state index in [9.17, 15) is 0 Å². The highest BCUT2D eigenvalue weighted by atomic mass is 35.5. The molecule has 0 bridgehead atoms. The fourth-order valence-electron chi connectivity index (χ4n) is 1.50. The van der Waals surface area contributed by atoms with Crippen LogP contribution in [0.3, 0.4) is 0 Å². The number of halogens is 1. The number of nitrogens with zero attached hydrogens (tertiary/aromatic N) is 1. The maximum absolute atomic E-state index is 5.85. The minimum absolute atomic E-state index is 0.0688. The molecule has 96 valence electrons. The minimum atomic E-state index is 0.0688. The lowest BCUT2D eigenvalue weighted by Gasteiger charge is -2.19. The Labute approximate surface area is 112 Å². The van der Waals surface area contributed by atoms with E-state index in [1.165, 1.54) is 0 Å². The number of aromatic nitrogens is 1. The van der Waals surface area contributed by atoms with E-state index in [-0.39, 0.29) is 5.54 Å². The Morgan fingerprint density at radius 1 is 1.22 bits per heavy atom. The van der Waals surface area contributed by atoms with Crippen molar-refractivity contribution < 1.29 is 4.52 Å². The molecule has 0 unspecified atom stereocenters. The van der Waals surface area contributed by atoms with Crippen molar-refractivity contribution in [3.05, 3.63) is 41.0 Å². The molecule has 0 aliphatic heterocycles. The normalized spacial score (nSPS) is 11.8. The summed E-state index contributed by atoms with van der Waals surface area (Å²) in [7, 11) is 0. The molecule has 2 rings (SSSR count). The first-order valence-corrected chi connectivity index (χ1v) is 6.28. The van der Waals surface area contributed by atoms with Gasteiger partial charge in [-0.3, -0.25) is 0 Å². The van der Waals surface area contributed by atoms with Gasteiger partial charge in [-0.05, 0) is 45.0 Å². The summed E-state index contributed by atoms with van der Waals surface area (Å²) in [5, 5.41) is 8.13. The van der Waals surface area contributed by atoms with E-state index >= 15 is 0 Å². The lowest BCUT2D eigenvalue weighted by atomic mass is 10.1. The van der Waals surface area contributed by atoms with Gasteiger partial charge in [0.1, 0.15) is 0 Å². The maximum atomic E-state index is 5.85. The SMILES string of the molecule is CC(C)(C)NCc1cc(-c2ccc(Cl)cc2)on1. The Balaban J connectivity index is 2.08. The summed E-state index contributed by atoms with van der Waals surface area (Å²) in [4.78, 5) is 0. The minimum Gasteiger partial charge on any atom is -0.356 e. The molecule has 2 aromatic rings. The van der Waals surface area contributed by atoms with Crippen molar-refractivity contribution in [3.63, 3.8) is 0 Å². The quantitative estimate of drug-likeness (QED) is 0.914. The molecule has 0 amide bonds. The van der Waals surface area contributed by atoms with Gasteiger partial charge in [0.2, 0.25) is 0 Å². The Morgan fingerprint density at radius 2 is 1.89 bits per heavy atom. The molecule has 0 saturated heterocycles. The van der Waals surface area contributed by atoms with Crippen molar-refractivity contribution in [3.8, 4) is 11.3 Å². The fraction of sp³-hybridized carbons (Fsp3) is 0.357. The van der Waals surface area contributed by atoms with Crippen LogP contribution in [0.15, 0.2) is 34.9 Å². The molecule has 1 aromatic heterocycles. The lowest BCUT2D eigenvalue weighted by Crippen LogP contribution is -2.35. The second-order valence-corrected chi connectivity index (χ2v) is 5.73. The molecule has 18 heavy (non-hydrogen) atoms. The second-order valence-electron chi connectivity index (χ2n) is 5.29. The molecule has 0 saturated carbocycles. The third-order valence-corrected chi connectivity index (χ3v) is 2.74. The zero-order valence-electron chi connectivity index (χ0n) is 10.8. The van der Waals surface area contributed by atoms with Gasteiger partial charge >= 0.3 is 0 Å². The Morgan fingerprint density at radius 3 is 2.50 bits per heavy atom. The number of benzene rings is 1. The number of hydrogen-bond acceptors (Lipinski definition) is 3. The van der Waals surface area contributed by atoms with E-state index in [2.05, 4.69) is 31.2 Å². The van der Waals surface area contributed by atoms with Crippen LogP contribution in [0, 0.1) is 0 Å². The average molecular weight is 265 g/mol. The van der Waals surface area contributed by atoms with Crippen LogP contribution < -0.4 is 5.32 Å². The molecule has 0 aliphatic carbocycles. The first-order valence-electron chi connectivity index (χ1n) is 5.91. The first kappa shape index (κ1) is 13.1. The van der Waals surface area contributed by atoms with E-state index in [0.717, 1.165) is 17.0 Å². The number of rotatable bonds is 3. The fourth-order valence-corrected chi connectivity index (χ4v) is 1.63. The van der Waals surface area contributed by atoms with Gasteiger partial charge in [-0.15, -0.1) is 0 Å². The summed E-state index contributed by atoms with van der Waals surface area (Å²) in [6, 6.07) is 9.47. The monoisotopic (exact) mass is 264 g/mol. The smallest absolute Gasteiger partial charge is 0.167 e. The van der Waals surface area contributed by atoms with Gasteiger partial charge in [0.25, 0.3) is 0 Å². The molecule has 1 heterocycles. The van der Waals surface area contributed by atoms with Gasteiger partial charge in [0, 0.05) is 28.7 Å². The molecular formula is C14H17ClN2O. The molecule has 1 N–H and O–H groups in total. The van der Waals surface area contributed by atoms with Gasteiger partial charge in [-0.2, -0.15) is 0 Å². The van der Waals surface area contributed by atoms with Crippen LogP contribution in [0.4, 0.5) is 0 Å². The Kier molecular flexibility index (Phi) is 3.73. The van der Waals surface area contributed by atoms with E-state index in [1.54, 1.807) is 0 Å². The largest absolute Gasteiger partial charge is 0.356 e. The summed E-state index contributed by atoms with van der Waals surface area (Å²) >= 11 is 5.85. The van der Waals surface area contributed by atoms with Crippen LogP contribution >= 0.6 is 11.6 Å². The average Bonchev–Trinajstić information content (AvgIpc) is 2.75. The van der Waals surface area contributed by atoms with Gasteiger partial charge in [0.05, 0.1) is 5.69 Å². The van der Waals surface area contributed by atoms with Gasteiger partial charge in [-0.25, -0.2) is 0 Å². The standard InChI is InChI=1S/C14H17ClN2O/c1-14(2,3)16-9-12-8-13(18-17-12)10-4-6-11(15)7-5-10/h4-8,16H,9H2,1-3H3. The van der Waals surface area contributed by atoms with Crippen molar-refractivity contribution in [1.82, 2.24) is 10.5 Å². The Hall–Kier alpha value is -1.32. The zero-order valence-corrected chi connectivity index (χ0v) is 11.6. The van der Waals surface area contributed by atoms with Crippen molar-refractivity contribution in [1.29, 1.82) is 0 Å². The summed E-state index contributed by atoms with van der Waals surface area (Å²) < 4.78 is 5.32. The molecule has 0 aliphatic rings. The molecular weight excluding hydrogens is 248 g/mol. The van der Waals surface area contributed by atoms with Crippen LogP contribution in [0.1, 0.15) is 26.5 Å². The topological polar surface area (TPSA) is 38.1 Å².